The molecule has 0 N–H and O–H groups in total. The normalized spacial score (nSPS) is 11.9. The SMILES string of the molecule is Cc1cc2c(oc3nc4ccccc4cc32)c(-c2ccc3c(C)cccc3[n+]2C)c1C. The lowest BCUT2D eigenvalue weighted by Gasteiger charge is -2.10. The molecule has 3 aromatic heterocycles. The van der Waals surface area contributed by atoms with Gasteiger partial charge in [0.05, 0.1) is 11.1 Å². The summed E-state index contributed by atoms with van der Waals surface area (Å²) in [6, 6.07) is 23.5. The van der Waals surface area contributed by atoms with Gasteiger partial charge in [-0.2, -0.15) is 4.57 Å². The summed E-state index contributed by atoms with van der Waals surface area (Å²) in [6.07, 6.45) is 0. The van der Waals surface area contributed by atoms with Crippen molar-refractivity contribution < 1.29 is 8.98 Å². The summed E-state index contributed by atoms with van der Waals surface area (Å²) < 4.78 is 8.73. The van der Waals surface area contributed by atoms with E-state index in [1.807, 2.05) is 12.1 Å². The van der Waals surface area contributed by atoms with Crippen LogP contribution in [-0.4, -0.2) is 4.98 Å². The second kappa shape index (κ2) is 6.39. The van der Waals surface area contributed by atoms with Crippen LogP contribution >= 0.6 is 0 Å². The fraction of sp³-hybridized carbons (Fsp3) is 0.143. The molecule has 6 rings (SSSR count). The van der Waals surface area contributed by atoms with E-state index in [1.54, 1.807) is 0 Å². The number of nitrogens with zero attached hydrogens (tertiary/aromatic N) is 2. The van der Waals surface area contributed by atoms with E-state index in [0.717, 1.165) is 38.5 Å². The van der Waals surface area contributed by atoms with Gasteiger partial charge in [0, 0.05) is 33.7 Å². The largest absolute Gasteiger partial charge is 0.437 e. The van der Waals surface area contributed by atoms with Crippen molar-refractivity contribution in [2.75, 3.05) is 0 Å². The van der Waals surface area contributed by atoms with Gasteiger partial charge in [-0.3, -0.25) is 0 Å². The van der Waals surface area contributed by atoms with Crippen LogP contribution in [0.2, 0.25) is 0 Å². The van der Waals surface area contributed by atoms with Crippen LogP contribution in [0, 0.1) is 20.8 Å². The van der Waals surface area contributed by atoms with Gasteiger partial charge in [0.1, 0.15) is 7.05 Å². The molecule has 0 aliphatic heterocycles. The molecule has 0 unspecified atom stereocenters. The number of hydrogen-bond acceptors (Lipinski definition) is 2. The molecule has 0 fully saturated rings. The Morgan fingerprint density at radius 3 is 2.48 bits per heavy atom. The average Bonchev–Trinajstić information content (AvgIpc) is 3.11. The van der Waals surface area contributed by atoms with Crippen molar-refractivity contribution in [3.63, 3.8) is 0 Å². The lowest BCUT2D eigenvalue weighted by molar-refractivity contribution is -0.633. The Kier molecular flexibility index (Phi) is 3.73. The van der Waals surface area contributed by atoms with Crippen molar-refractivity contribution in [3.8, 4) is 11.3 Å². The molecule has 3 aromatic carbocycles. The first-order valence-electron chi connectivity index (χ1n) is 10.6. The zero-order chi connectivity index (χ0) is 21.3. The van der Waals surface area contributed by atoms with Crippen molar-refractivity contribution in [3.05, 3.63) is 83.4 Å². The van der Waals surface area contributed by atoms with Gasteiger partial charge < -0.3 is 4.42 Å². The van der Waals surface area contributed by atoms with Gasteiger partial charge in [0.25, 0.3) is 0 Å². The minimum absolute atomic E-state index is 0.694. The Bertz CT molecular complexity index is 1670. The third-order valence-corrected chi connectivity index (χ3v) is 6.66. The molecule has 0 spiro atoms. The average molecular weight is 404 g/mol. The first kappa shape index (κ1) is 18.1. The summed E-state index contributed by atoms with van der Waals surface area (Å²) in [5, 5.41) is 4.59. The number of pyridine rings is 2. The maximum Gasteiger partial charge on any atom is 0.227 e. The van der Waals surface area contributed by atoms with Crippen LogP contribution < -0.4 is 4.57 Å². The highest BCUT2D eigenvalue weighted by Gasteiger charge is 2.24. The van der Waals surface area contributed by atoms with Crippen LogP contribution in [0.4, 0.5) is 0 Å². The number of hydrogen-bond donors (Lipinski definition) is 0. The van der Waals surface area contributed by atoms with Crippen molar-refractivity contribution in [2.24, 2.45) is 7.05 Å². The molecule has 0 saturated heterocycles. The van der Waals surface area contributed by atoms with Gasteiger partial charge in [-0.1, -0.05) is 30.3 Å². The summed E-state index contributed by atoms with van der Waals surface area (Å²) in [7, 11) is 2.14. The van der Waals surface area contributed by atoms with Gasteiger partial charge in [0.15, 0.2) is 5.58 Å². The number of furan rings is 1. The number of fused-ring (bicyclic) bond motifs is 5. The van der Waals surface area contributed by atoms with E-state index >= 15 is 0 Å². The summed E-state index contributed by atoms with van der Waals surface area (Å²) >= 11 is 0. The minimum Gasteiger partial charge on any atom is -0.437 e. The number of aromatic nitrogens is 2. The van der Waals surface area contributed by atoms with Crippen LogP contribution in [0.1, 0.15) is 16.7 Å². The Hall–Kier alpha value is -3.72. The fourth-order valence-electron chi connectivity index (χ4n) is 4.80. The summed E-state index contributed by atoms with van der Waals surface area (Å²) in [6.45, 7) is 6.52. The van der Waals surface area contributed by atoms with E-state index in [-0.39, 0.29) is 0 Å². The lowest BCUT2D eigenvalue weighted by Crippen LogP contribution is -2.32. The van der Waals surface area contributed by atoms with Crippen molar-refractivity contribution in [2.45, 2.75) is 20.8 Å². The van der Waals surface area contributed by atoms with E-state index in [2.05, 4.69) is 87.0 Å². The van der Waals surface area contributed by atoms with Gasteiger partial charge in [-0.05, 0) is 61.7 Å². The molecular weight excluding hydrogens is 380 g/mol. The second-order valence-electron chi connectivity index (χ2n) is 8.49. The molecule has 31 heavy (non-hydrogen) atoms. The lowest BCUT2D eigenvalue weighted by atomic mass is 9.95. The molecule has 150 valence electrons. The van der Waals surface area contributed by atoms with E-state index < -0.39 is 0 Å². The predicted molar refractivity (Wildman–Crippen MR) is 127 cm³/mol. The molecule has 0 saturated carbocycles. The molecule has 6 aromatic rings. The monoisotopic (exact) mass is 403 g/mol. The molecule has 3 heterocycles. The highest BCUT2D eigenvalue weighted by molar-refractivity contribution is 6.11. The quantitative estimate of drug-likeness (QED) is 0.286. The molecule has 3 heteroatoms. The first-order valence-corrected chi connectivity index (χ1v) is 10.6. The third-order valence-electron chi connectivity index (χ3n) is 6.66. The molecule has 0 radical (unpaired) electrons. The highest BCUT2D eigenvalue weighted by Crippen LogP contribution is 2.39. The van der Waals surface area contributed by atoms with E-state index in [0.29, 0.717) is 5.71 Å². The first-order chi connectivity index (χ1) is 15.0. The minimum atomic E-state index is 0.694. The number of benzene rings is 3. The van der Waals surface area contributed by atoms with E-state index in [1.165, 1.54) is 27.6 Å². The molecule has 0 aliphatic carbocycles. The van der Waals surface area contributed by atoms with Gasteiger partial charge in [-0.15, -0.1) is 0 Å². The summed E-state index contributed by atoms with van der Waals surface area (Å²) in [5.74, 6) is 0. The van der Waals surface area contributed by atoms with Crippen molar-refractivity contribution >= 4 is 43.9 Å². The molecule has 0 amide bonds. The van der Waals surface area contributed by atoms with Gasteiger partial charge in [0.2, 0.25) is 16.9 Å². The third kappa shape index (κ3) is 2.53. The van der Waals surface area contributed by atoms with Crippen molar-refractivity contribution in [1.29, 1.82) is 0 Å². The maximum atomic E-state index is 6.45. The van der Waals surface area contributed by atoms with Crippen LogP contribution in [0.25, 0.3) is 55.1 Å². The zero-order valence-corrected chi connectivity index (χ0v) is 18.2. The van der Waals surface area contributed by atoms with Crippen LogP contribution in [0.5, 0.6) is 0 Å². The van der Waals surface area contributed by atoms with E-state index in [9.17, 15) is 0 Å². The Balaban J connectivity index is 1.75. The van der Waals surface area contributed by atoms with Gasteiger partial charge >= 0.3 is 0 Å². The van der Waals surface area contributed by atoms with Crippen LogP contribution in [0.15, 0.2) is 71.1 Å². The number of para-hydroxylation sites is 1. The number of aryl methyl sites for hydroxylation is 3. The van der Waals surface area contributed by atoms with Gasteiger partial charge in [-0.25, -0.2) is 4.98 Å². The van der Waals surface area contributed by atoms with E-state index in [4.69, 9.17) is 9.40 Å². The molecular formula is C28H23N2O+. The topological polar surface area (TPSA) is 29.9 Å². The summed E-state index contributed by atoms with van der Waals surface area (Å²) in [5.41, 5.74) is 9.83. The second-order valence-corrected chi connectivity index (χ2v) is 8.49. The molecule has 3 nitrogen and oxygen atoms in total. The zero-order valence-electron chi connectivity index (χ0n) is 18.2. The standard InChI is InChI=1S/C28H23N2O/c1-16-8-7-11-24-20(16)12-13-25(30(24)4)26-18(3)17(2)14-21-22-15-19-9-5-6-10-23(19)29-28(22)31-27(21)26/h5-15H,1-4H3/q+1. The number of rotatable bonds is 1. The Labute approximate surface area is 180 Å². The smallest absolute Gasteiger partial charge is 0.227 e. The van der Waals surface area contributed by atoms with Crippen LogP contribution in [-0.2, 0) is 7.05 Å². The highest BCUT2D eigenvalue weighted by atomic mass is 16.3. The molecule has 0 bridgehead atoms. The molecule has 0 atom stereocenters. The van der Waals surface area contributed by atoms with Crippen LogP contribution in [0.3, 0.4) is 0 Å². The van der Waals surface area contributed by atoms with Crippen molar-refractivity contribution in [1.82, 2.24) is 4.98 Å². The Morgan fingerprint density at radius 1 is 0.774 bits per heavy atom. The fourth-order valence-corrected chi connectivity index (χ4v) is 4.80. The predicted octanol–water partition coefficient (Wildman–Crippen LogP) is 6.70. The maximum absolute atomic E-state index is 6.45. The molecule has 0 aliphatic rings. The Morgan fingerprint density at radius 2 is 1.61 bits per heavy atom. The summed E-state index contributed by atoms with van der Waals surface area (Å²) in [4.78, 5) is 4.82.